The van der Waals surface area contributed by atoms with Crippen molar-refractivity contribution in [2.45, 2.75) is 20.4 Å². The van der Waals surface area contributed by atoms with Gasteiger partial charge >= 0.3 is 0 Å². The van der Waals surface area contributed by atoms with Gasteiger partial charge in [0, 0.05) is 29.9 Å². The summed E-state index contributed by atoms with van der Waals surface area (Å²) in [6, 6.07) is 21.9. The molecule has 0 aliphatic carbocycles. The van der Waals surface area contributed by atoms with Crippen LogP contribution in [0, 0.1) is 11.2 Å². The van der Waals surface area contributed by atoms with Crippen molar-refractivity contribution >= 4 is 17.5 Å². The number of carbonyl (C=O) groups excluding carboxylic acids is 2. The summed E-state index contributed by atoms with van der Waals surface area (Å²) < 4.78 is 13.1. The van der Waals surface area contributed by atoms with Crippen LogP contribution < -0.4 is 11.1 Å². The highest BCUT2D eigenvalue weighted by Crippen LogP contribution is 2.21. The Hall–Kier alpha value is -3.51. The van der Waals surface area contributed by atoms with Gasteiger partial charge < -0.3 is 16.0 Å². The lowest BCUT2D eigenvalue weighted by Gasteiger charge is -2.32. The zero-order valence-corrected chi connectivity index (χ0v) is 18.3. The minimum Gasteiger partial charge on any atom is -0.334 e. The van der Waals surface area contributed by atoms with E-state index in [1.54, 1.807) is 23.1 Å². The summed E-state index contributed by atoms with van der Waals surface area (Å²) in [6.45, 7) is 5.36. The summed E-state index contributed by atoms with van der Waals surface area (Å²) >= 11 is 0. The maximum Gasteiger partial charge on any atom is 0.255 e. The van der Waals surface area contributed by atoms with Crippen LogP contribution in [0.25, 0.3) is 0 Å². The van der Waals surface area contributed by atoms with Crippen LogP contribution in [0.1, 0.15) is 40.1 Å². The number of rotatable bonds is 8. The van der Waals surface area contributed by atoms with Crippen molar-refractivity contribution in [1.82, 2.24) is 4.90 Å². The molecule has 5 nitrogen and oxygen atoms in total. The lowest BCUT2D eigenvalue weighted by molar-refractivity contribution is 0.0673. The fraction of sp³-hybridized carbons (Fsp3) is 0.231. The number of carbonyl (C=O) groups is 2. The van der Waals surface area contributed by atoms with Gasteiger partial charge in [0.25, 0.3) is 11.8 Å². The first-order chi connectivity index (χ1) is 15.3. The first-order valence-corrected chi connectivity index (χ1v) is 10.5. The molecular weight excluding hydrogens is 405 g/mol. The Morgan fingerprint density at radius 2 is 1.62 bits per heavy atom. The first kappa shape index (κ1) is 23.2. The molecule has 0 saturated carbocycles. The van der Waals surface area contributed by atoms with Gasteiger partial charge in [-0.3, -0.25) is 9.59 Å². The number of hydrogen-bond donors (Lipinski definition) is 2. The molecule has 2 amide bonds. The minimum absolute atomic E-state index is 0.0760. The van der Waals surface area contributed by atoms with Gasteiger partial charge in [0.15, 0.2) is 0 Å². The van der Waals surface area contributed by atoms with Crippen LogP contribution in [-0.4, -0.2) is 29.8 Å². The Bertz CT molecular complexity index is 1070. The molecule has 32 heavy (non-hydrogen) atoms. The Balaban J connectivity index is 1.79. The topological polar surface area (TPSA) is 75.4 Å². The molecule has 0 fully saturated rings. The molecule has 0 unspecified atom stereocenters. The molecule has 3 aromatic carbocycles. The summed E-state index contributed by atoms with van der Waals surface area (Å²) in [7, 11) is 0. The molecule has 166 valence electrons. The van der Waals surface area contributed by atoms with E-state index in [4.69, 9.17) is 5.73 Å². The predicted octanol–water partition coefficient (Wildman–Crippen LogP) is 4.71. The van der Waals surface area contributed by atoms with Gasteiger partial charge in [-0.1, -0.05) is 44.2 Å². The van der Waals surface area contributed by atoms with E-state index in [0.29, 0.717) is 36.4 Å². The van der Waals surface area contributed by atoms with Crippen molar-refractivity contribution in [3.63, 3.8) is 0 Å². The van der Waals surface area contributed by atoms with Crippen molar-refractivity contribution in [3.05, 3.63) is 101 Å². The smallest absolute Gasteiger partial charge is 0.255 e. The number of hydrogen-bond acceptors (Lipinski definition) is 3. The average Bonchev–Trinajstić information content (AvgIpc) is 2.79. The van der Waals surface area contributed by atoms with E-state index in [-0.39, 0.29) is 17.2 Å². The first-order valence-electron chi connectivity index (χ1n) is 10.5. The fourth-order valence-electron chi connectivity index (χ4n) is 3.32. The monoisotopic (exact) mass is 433 g/mol. The number of nitrogens with one attached hydrogen (secondary N) is 1. The van der Waals surface area contributed by atoms with Crippen LogP contribution in [0.2, 0.25) is 0 Å². The van der Waals surface area contributed by atoms with Gasteiger partial charge in [0.05, 0.1) is 0 Å². The standard InChI is InChI=1S/C26H28FN3O2/c1-26(2,17-28)18-30(25(32)21-8-4-3-5-9-21)16-19-7-6-10-23(15-19)29-24(31)20-11-13-22(27)14-12-20/h3-15H,16-18,28H2,1-2H3,(H,29,31). The van der Waals surface area contributed by atoms with Crippen molar-refractivity contribution < 1.29 is 14.0 Å². The Morgan fingerprint density at radius 3 is 2.28 bits per heavy atom. The van der Waals surface area contributed by atoms with Crippen LogP contribution in [0.5, 0.6) is 0 Å². The van der Waals surface area contributed by atoms with Crippen LogP contribution in [-0.2, 0) is 6.54 Å². The van der Waals surface area contributed by atoms with E-state index in [2.05, 4.69) is 5.32 Å². The molecule has 3 N–H and O–H groups in total. The van der Waals surface area contributed by atoms with Crippen LogP contribution >= 0.6 is 0 Å². The Morgan fingerprint density at radius 1 is 0.938 bits per heavy atom. The maximum atomic E-state index is 13.2. The SMILES string of the molecule is CC(C)(CN)CN(Cc1cccc(NC(=O)c2ccc(F)cc2)c1)C(=O)c1ccccc1. The molecule has 0 atom stereocenters. The number of benzene rings is 3. The van der Waals surface area contributed by atoms with Gasteiger partial charge in [-0.05, 0) is 66.1 Å². The summed E-state index contributed by atoms with van der Waals surface area (Å²) in [5.74, 6) is -0.802. The molecule has 0 radical (unpaired) electrons. The number of amides is 2. The van der Waals surface area contributed by atoms with Gasteiger partial charge in [0.1, 0.15) is 5.82 Å². The zero-order chi connectivity index (χ0) is 23.1. The summed E-state index contributed by atoms with van der Waals surface area (Å²) in [4.78, 5) is 27.5. The van der Waals surface area contributed by atoms with Crippen molar-refractivity contribution in [2.75, 3.05) is 18.4 Å². The second-order valence-electron chi connectivity index (χ2n) is 8.56. The van der Waals surface area contributed by atoms with E-state index in [9.17, 15) is 14.0 Å². The second-order valence-corrected chi connectivity index (χ2v) is 8.56. The highest BCUT2D eigenvalue weighted by Gasteiger charge is 2.25. The minimum atomic E-state index is -0.396. The molecule has 0 saturated heterocycles. The highest BCUT2D eigenvalue weighted by atomic mass is 19.1. The summed E-state index contributed by atoms with van der Waals surface area (Å²) in [6.07, 6.45) is 0. The van der Waals surface area contributed by atoms with E-state index in [1.165, 1.54) is 24.3 Å². The van der Waals surface area contributed by atoms with Crippen LogP contribution in [0.15, 0.2) is 78.9 Å². The number of nitrogens with zero attached hydrogens (tertiary/aromatic N) is 1. The van der Waals surface area contributed by atoms with Gasteiger partial charge in [-0.15, -0.1) is 0 Å². The van der Waals surface area contributed by atoms with Crippen molar-refractivity contribution in [3.8, 4) is 0 Å². The van der Waals surface area contributed by atoms with Crippen LogP contribution in [0.3, 0.4) is 0 Å². The largest absolute Gasteiger partial charge is 0.334 e. The summed E-state index contributed by atoms with van der Waals surface area (Å²) in [5, 5.41) is 2.83. The number of nitrogens with two attached hydrogens (primary N) is 1. The Labute approximate surface area is 188 Å². The molecule has 0 aromatic heterocycles. The maximum absolute atomic E-state index is 13.2. The zero-order valence-electron chi connectivity index (χ0n) is 18.3. The third-order valence-electron chi connectivity index (χ3n) is 5.14. The molecule has 0 aliphatic heterocycles. The average molecular weight is 434 g/mol. The molecule has 0 heterocycles. The second kappa shape index (κ2) is 10.2. The normalized spacial score (nSPS) is 11.1. The Kier molecular flexibility index (Phi) is 7.38. The van der Waals surface area contributed by atoms with E-state index >= 15 is 0 Å². The fourth-order valence-corrected chi connectivity index (χ4v) is 3.32. The molecule has 0 spiro atoms. The van der Waals surface area contributed by atoms with Crippen molar-refractivity contribution in [1.29, 1.82) is 0 Å². The molecular formula is C26H28FN3O2. The highest BCUT2D eigenvalue weighted by molar-refractivity contribution is 6.04. The molecule has 0 bridgehead atoms. The van der Waals surface area contributed by atoms with E-state index in [0.717, 1.165) is 5.56 Å². The van der Waals surface area contributed by atoms with E-state index < -0.39 is 5.82 Å². The lowest BCUT2D eigenvalue weighted by atomic mass is 9.92. The van der Waals surface area contributed by atoms with Crippen molar-refractivity contribution in [2.24, 2.45) is 11.1 Å². The third kappa shape index (κ3) is 6.25. The van der Waals surface area contributed by atoms with E-state index in [1.807, 2.05) is 50.2 Å². The quantitative estimate of drug-likeness (QED) is 0.540. The lowest BCUT2D eigenvalue weighted by Crippen LogP contribution is -2.41. The number of anilines is 1. The van der Waals surface area contributed by atoms with Gasteiger partial charge in [0.2, 0.25) is 0 Å². The number of halogens is 1. The van der Waals surface area contributed by atoms with Gasteiger partial charge in [-0.25, -0.2) is 4.39 Å². The van der Waals surface area contributed by atoms with Gasteiger partial charge in [-0.2, -0.15) is 0 Å². The summed E-state index contributed by atoms with van der Waals surface area (Å²) in [5.41, 5.74) is 8.12. The molecule has 0 aliphatic rings. The van der Waals surface area contributed by atoms with Crippen LogP contribution in [0.4, 0.5) is 10.1 Å². The molecule has 3 aromatic rings. The third-order valence-corrected chi connectivity index (χ3v) is 5.14. The predicted molar refractivity (Wildman–Crippen MR) is 125 cm³/mol. The molecule has 6 heteroatoms. The molecule has 3 rings (SSSR count).